The molecule has 0 saturated carbocycles. The fraction of sp³-hybridized carbons (Fsp3) is 0.412. The maximum Gasteiger partial charge on any atom is 0.244 e. The lowest BCUT2D eigenvalue weighted by Gasteiger charge is -2.34. The largest absolute Gasteiger partial charge is 0.361 e. The Morgan fingerprint density at radius 1 is 1.19 bits per heavy atom. The Labute approximate surface area is 167 Å². The van der Waals surface area contributed by atoms with Gasteiger partial charge in [0.25, 0.3) is 0 Å². The van der Waals surface area contributed by atoms with E-state index in [0.29, 0.717) is 24.5 Å². The molecular weight excluding hydrogens is 413 g/mol. The lowest BCUT2D eigenvalue weighted by molar-refractivity contribution is -0.131. The van der Waals surface area contributed by atoms with Crippen molar-refractivity contribution in [1.29, 1.82) is 0 Å². The van der Waals surface area contributed by atoms with E-state index in [-0.39, 0.29) is 40.4 Å². The molecule has 0 bridgehead atoms. The van der Waals surface area contributed by atoms with E-state index < -0.39 is 10.0 Å². The van der Waals surface area contributed by atoms with Crippen LogP contribution in [0.1, 0.15) is 17.0 Å². The molecule has 0 atom stereocenters. The van der Waals surface area contributed by atoms with Crippen molar-refractivity contribution in [2.24, 2.45) is 0 Å². The third-order valence-electron chi connectivity index (χ3n) is 4.63. The number of carbonyl (C=O) groups excluding carboxylic acids is 1. The van der Waals surface area contributed by atoms with Gasteiger partial charge < -0.3 is 9.42 Å². The first kappa shape index (κ1) is 20.1. The summed E-state index contributed by atoms with van der Waals surface area (Å²) in [6.07, 6.45) is 0.189. The van der Waals surface area contributed by atoms with E-state index in [1.54, 1.807) is 24.8 Å². The molecule has 0 unspecified atom stereocenters. The second-order valence-corrected chi connectivity index (χ2v) is 9.01. The number of nitrogens with zero attached hydrogens (tertiary/aromatic N) is 3. The Morgan fingerprint density at radius 2 is 1.85 bits per heavy atom. The highest BCUT2D eigenvalue weighted by atomic mass is 35.5. The molecule has 1 aromatic heterocycles. The van der Waals surface area contributed by atoms with Crippen LogP contribution in [0.15, 0.2) is 27.6 Å². The van der Waals surface area contributed by atoms with Crippen molar-refractivity contribution in [1.82, 2.24) is 14.4 Å². The minimum atomic E-state index is -3.77. The standard InChI is InChI=1S/C17H19Cl2N3O4S/c1-11-13(12(2)26-20-11)10-16(23)21-6-8-22(9-7-21)27(24,25)15-5-3-4-14(18)17(15)19/h3-5H,6-10H2,1-2H3. The lowest BCUT2D eigenvalue weighted by Crippen LogP contribution is -2.50. The smallest absolute Gasteiger partial charge is 0.244 e. The Balaban J connectivity index is 1.68. The van der Waals surface area contributed by atoms with Gasteiger partial charge in [0.1, 0.15) is 10.7 Å². The molecule has 1 aliphatic rings. The second-order valence-electron chi connectivity index (χ2n) is 6.32. The Morgan fingerprint density at radius 3 is 2.44 bits per heavy atom. The lowest BCUT2D eigenvalue weighted by atomic mass is 10.1. The fourth-order valence-corrected chi connectivity index (χ4v) is 5.18. The highest BCUT2D eigenvalue weighted by molar-refractivity contribution is 7.89. The van der Waals surface area contributed by atoms with Gasteiger partial charge in [-0.05, 0) is 26.0 Å². The molecule has 1 saturated heterocycles. The molecule has 2 heterocycles. The summed E-state index contributed by atoms with van der Waals surface area (Å²) >= 11 is 12.0. The fourth-order valence-electron chi connectivity index (χ4n) is 3.02. The third kappa shape index (κ3) is 3.99. The number of hydrogen-bond acceptors (Lipinski definition) is 5. The topological polar surface area (TPSA) is 83.7 Å². The minimum Gasteiger partial charge on any atom is -0.361 e. The van der Waals surface area contributed by atoms with Crippen LogP contribution in [0.25, 0.3) is 0 Å². The Kier molecular flexibility index (Phi) is 5.81. The maximum absolute atomic E-state index is 12.8. The highest BCUT2D eigenvalue weighted by Gasteiger charge is 2.32. The summed E-state index contributed by atoms with van der Waals surface area (Å²) in [6.45, 7) is 4.55. The van der Waals surface area contributed by atoms with Crippen LogP contribution in [0.4, 0.5) is 0 Å². The van der Waals surface area contributed by atoms with E-state index in [4.69, 9.17) is 27.7 Å². The van der Waals surface area contributed by atoms with Crippen molar-refractivity contribution in [3.63, 3.8) is 0 Å². The molecule has 10 heteroatoms. The van der Waals surface area contributed by atoms with Gasteiger partial charge in [0, 0.05) is 31.7 Å². The van der Waals surface area contributed by atoms with Gasteiger partial charge >= 0.3 is 0 Å². The number of carbonyl (C=O) groups is 1. The van der Waals surface area contributed by atoms with Crippen LogP contribution in [-0.4, -0.2) is 54.9 Å². The van der Waals surface area contributed by atoms with Gasteiger partial charge in [0.15, 0.2) is 0 Å². The Hall–Kier alpha value is -1.61. The van der Waals surface area contributed by atoms with Crippen LogP contribution < -0.4 is 0 Å². The second kappa shape index (κ2) is 7.79. The number of piperazine rings is 1. The zero-order valence-corrected chi connectivity index (χ0v) is 17.2. The number of benzene rings is 1. The number of aryl methyl sites for hydroxylation is 2. The van der Waals surface area contributed by atoms with E-state index >= 15 is 0 Å². The molecule has 2 aromatic rings. The van der Waals surface area contributed by atoms with Gasteiger partial charge in [0.05, 0.1) is 22.2 Å². The van der Waals surface area contributed by atoms with Gasteiger partial charge in [0.2, 0.25) is 15.9 Å². The molecule has 146 valence electrons. The van der Waals surface area contributed by atoms with E-state index in [2.05, 4.69) is 5.16 Å². The average Bonchev–Trinajstić information content (AvgIpc) is 2.96. The summed E-state index contributed by atoms with van der Waals surface area (Å²) in [4.78, 5) is 14.2. The average molecular weight is 432 g/mol. The molecule has 0 aliphatic carbocycles. The molecule has 0 N–H and O–H groups in total. The first-order valence-electron chi connectivity index (χ1n) is 8.35. The van der Waals surface area contributed by atoms with E-state index in [1.807, 2.05) is 0 Å². The summed E-state index contributed by atoms with van der Waals surface area (Å²) in [5.74, 6) is 0.542. The molecule has 1 aromatic carbocycles. The van der Waals surface area contributed by atoms with E-state index in [0.717, 1.165) is 5.56 Å². The zero-order chi connectivity index (χ0) is 19.8. The molecule has 0 spiro atoms. The molecule has 1 aliphatic heterocycles. The summed E-state index contributed by atoms with van der Waals surface area (Å²) in [7, 11) is -3.77. The molecule has 7 nitrogen and oxygen atoms in total. The van der Waals surface area contributed by atoms with Crippen LogP contribution in [0.5, 0.6) is 0 Å². The number of sulfonamides is 1. The molecular formula is C17H19Cl2N3O4S. The number of amides is 1. The summed E-state index contributed by atoms with van der Waals surface area (Å²) in [6, 6.07) is 4.51. The molecule has 27 heavy (non-hydrogen) atoms. The molecule has 3 rings (SSSR count). The van der Waals surface area contributed by atoms with Crippen LogP contribution >= 0.6 is 23.2 Å². The third-order valence-corrected chi connectivity index (χ3v) is 7.51. The van der Waals surface area contributed by atoms with E-state index in [9.17, 15) is 13.2 Å². The van der Waals surface area contributed by atoms with Gasteiger partial charge in [-0.3, -0.25) is 4.79 Å². The monoisotopic (exact) mass is 431 g/mol. The number of hydrogen-bond donors (Lipinski definition) is 0. The first-order chi connectivity index (χ1) is 12.7. The van der Waals surface area contributed by atoms with Gasteiger partial charge in [-0.25, -0.2) is 8.42 Å². The highest BCUT2D eigenvalue weighted by Crippen LogP contribution is 2.31. The zero-order valence-electron chi connectivity index (χ0n) is 14.9. The normalized spacial score (nSPS) is 15.9. The molecule has 0 radical (unpaired) electrons. The van der Waals surface area contributed by atoms with Crippen molar-refractivity contribution in [3.05, 3.63) is 45.3 Å². The Bertz CT molecular complexity index is 947. The van der Waals surface area contributed by atoms with Crippen LogP contribution in [-0.2, 0) is 21.2 Å². The summed E-state index contributed by atoms with van der Waals surface area (Å²) in [5, 5.41) is 4.05. The van der Waals surface area contributed by atoms with Gasteiger partial charge in [-0.1, -0.05) is 34.4 Å². The minimum absolute atomic E-state index is 0.0103. The van der Waals surface area contributed by atoms with Crippen molar-refractivity contribution < 1.29 is 17.7 Å². The van der Waals surface area contributed by atoms with Crippen molar-refractivity contribution in [2.45, 2.75) is 25.2 Å². The predicted molar refractivity (Wildman–Crippen MR) is 101 cm³/mol. The number of halogens is 2. The number of aromatic nitrogens is 1. The van der Waals surface area contributed by atoms with Crippen molar-refractivity contribution in [2.75, 3.05) is 26.2 Å². The van der Waals surface area contributed by atoms with E-state index in [1.165, 1.54) is 16.4 Å². The first-order valence-corrected chi connectivity index (χ1v) is 10.5. The van der Waals surface area contributed by atoms with Crippen LogP contribution in [0.3, 0.4) is 0 Å². The van der Waals surface area contributed by atoms with Crippen molar-refractivity contribution >= 4 is 39.1 Å². The summed E-state index contributed by atoms with van der Waals surface area (Å²) in [5.41, 5.74) is 1.47. The van der Waals surface area contributed by atoms with Gasteiger partial charge in [-0.2, -0.15) is 4.31 Å². The van der Waals surface area contributed by atoms with Crippen LogP contribution in [0, 0.1) is 13.8 Å². The number of rotatable bonds is 4. The predicted octanol–water partition coefficient (Wildman–Crippen LogP) is 2.67. The maximum atomic E-state index is 12.8. The summed E-state index contributed by atoms with van der Waals surface area (Å²) < 4.78 is 32.1. The molecule has 1 fully saturated rings. The van der Waals surface area contributed by atoms with Crippen molar-refractivity contribution in [3.8, 4) is 0 Å². The van der Waals surface area contributed by atoms with Crippen LogP contribution in [0.2, 0.25) is 10.0 Å². The quantitative estimate of drug-likeness (QED) is 0.742. The van der Waals surface area contributed by atoms with Gasteiger partial charge in [-0.15, -0.1) is 0 Å². The SMILES string of the molecule is Cc1noc(C)c1CC(=O)N1CCN(S(=O)(=O)c2cccc(Cl)c2Cl)CC1. The molecule has 1 amide bonds.